The molecule has 1 aromatic carbocycles. The van der Waals surface area contributed by atoms with Crippen molar-refractivity contribution in [3.05, 3.63) is 48.2 Å². The van der Waals surface area contributed by atoms with Gasteiger partial charge in [-0.1, -0.05) is 12.1 Å². The highest BCUT2D eigenvalue weighted by Gasteiger charge is 2.15. The summed E-state index contributed by atoms with van der Waals surface area (Å²) >= 11 is 0. The maximum atomic E-state index is 4.49. The molecule has 0 spiro atoms. The van der Waals surface area contributed by atoms with Crippen molar-refractivity contribution in [2.45, 2.75) is 19.8 Å². The van der Waals surface area contributed by atoms with Crippen LogP contribution in [-0.4, -0.2) is 28.3 Å². The molecule has 3 heterocycles. The number of nitrogens with zero attached hydrogens (tertiary/aromatic N) is 4. The lowest BCUT2D eigenvalue weighted by molar-refractivity contribution is 0.896. The van der Waals surface area contributed by atoms with Crippen molar-refractivity contribution in [3.8, 4) is 11.3 Å². The lowest BCUT2D eigenvalue weighted by Gasteiger charge is -2.16. The largest absolute Gasteiger partial charge is 0.355 e. The highest BCUT2D eigenvalue weighted by molar-refractivity contribution is 5.95. The fraction of sp³-hybridized carbons (Fsp3) is 0.278. The second kappa shape index (κ2) is 5.37. The van der Waals surface area contributed by atoms with Gasteiger partial charge in [-0.15, -0.1) is 10.2 Å². The normalized spacial score (nSPS) is 14.7. The van der Waals surface area contributed by atoms with Gasteiger partial charge in [-0.25, -0.2) is 0 Å². The molecular formula is C18H18N4. The van der Waals surface area contributed by atoms with Gasteiger partial charge in [0.05, 0.1) is 11.2 Å². The summed E-state index contributed by atoms with van der Waals surface area (Å²) in [5.74, 6) is 0.984. The van der Waals surface area contributed by atoms with E-state index in [1.165, 1.54) is 18.4 Å². The first-order valence-electron chi connectivity index (χ1n) is 7.76. The Morgan fingerprint density at radius 3 is 2.59 bits per heavy atom. The van der Waals surface area contributed by atoms with Gasteiger partial charge in [0.15, 0.2) is 5.82 Å². The smallest absolute Gasteiger partial charge is 0.151 e. The molecule has 1 saturated heterocycles. The highest BCUT2D eigenvalue weighted by Crippen LogP contribution is 2.30. The number of pyridine rings is 1. The lowest BCUT2D eigenvalue weighted by Crippen LogP contribution is -2.19. The molecule has 0 amide bonds. The predicted molar refractivity (Wildman–Crippen MR) is 89.0 cm³/mol. The Morgan fingerprint density at radius 2 is 1.82 bits per heavy atom. The number of benzene rings is 1. The molecule has 4 nitrogen and oxygen atoms in total. The highest BCUT2D eigenvalue weighted by atomic mass is 15.3. The van der Waals surface area contributed by atoms with Crippen molar-refractivity contribution in [1.29, 1.82) is 0 Å². The van der Waals surface area contributed by atoms with Crippen molar-refractivity contribution in [2.75, 3.05) is 18.0 Å². The van der Waals surface area contributed by atoms with E-state index in [0.29, 0.717) is 0 Å². The van der Waals surface area contributed by atoms with E-state index in [9.17, 15) is 0 Å². The number of hydrogen-bond acceptors (Lipinski definition) is 4. The van der Waals surface area contributed by atoms with Crippen LogP contribution >= 0.6 is 0 Å². The lowest BCUT2D eigenvalue weighted by atomic mass is 10.00. The summed E-state index contributed by atoms with van der Waals surface area (Å²) in [5.41, 5.74) is 4.24. The predicted octanol–water partition coefficient (Wildman–Crippen LogP) is 3.60. The number of fused-ring (bicyclic) bond motifs is 1. The van der Waals surface area contributed by atoms with E-state index >= 15 is 0 Å². The summed E-state index contributed by atoms with van der Waals surface area (Å²) in [6.07, 6.45) is 4.32. The van der Waals surface area contributed by atoms with Crippen molar-refractivity contribution in [1.82, 2.24) is 15.2 Å². The summed E-state index contributed by atoms with van der Waals surface area (Å²) < 4.78 is 0. The molecule has 1 fully saturated rings. The van der Waals surface area contributed by atoms with Crippen LogP contribution in [0.25, 0.3) is 22.2 Å². The first kappa shape index (κ1) is 13.2. The van der Waals surface area contributed by atoms with E-state index in [1.807, 2.05) is 12.3 Å². The topological polar surface area (TPSA) is 41.9 Å². The van der Waals surface area contributed by atoms with Gasteiger partial charge >= 0.3 is 0 Å². The Kier molecular flexibility index (Phi) is 3.22. The van der Waals surface area contributed by atoms with E-state index in [1.54, 1.807) is 0 Å². The molecule has 0 saturated carbocycles. The van der Waals surface area contributed by atoms with Crippen molar-refractivity contribution < 1.29 is 0 Å². The monoisotopic (exact) mass is 290 g/mol. The van der Waals surface area contributed by atoms with Gasteiger partial charge in [-0.05, 0) is 49.6 Å². The molecule has 0 atom stereocenters. The first-order chi connectivity index (χ1) is 10.8. The third kappa shape index (κ3) is 2.21. The van der Waals surface area contributed by atoms with E-state index < -0.39 is 0 Å². The van der Waals surface area contributed by atoms with Crippen molar-refractivity contribution >= 4 is 16.7 Å². The molecule has 110 valence electrons. The molecule has 2 aromatic heterocycles. The molecule has 3 aromatic rings. The second-order valence-electron chi connectivity index (χ2n) is 5.80. The van der Waals surface area contributed by atoms with Crippen LogP contribution < -0.4 is 4.90 Å². The van der Waals surface area contributed by atoms with Crippen molar-refractivity contribution in [2.24, 2.45) is 0 Å². The van der Waals surface area contributed by atoms with Gasteiger partial charge in [0.2, 0.25) is 0 Å². The van der Waals surface area contributed by atoms with Crippen LogP contribution in [-0.2, 0) is 0 Å². The van der Waals surface area contributed by atoms with E-state index in [4.69, 9.17) is 0 Å². The zero-order valence-corrected chi connectivity index (χ0v) is 12.7. The fourth-order valence-corrected chi connectivity index (χ4v) is 3.17. The fourth-order valence-electron chi connectivity index (χ4n) is 3.17. The number of aromatic nitrogens is 3. The first-order valence-corrected chi connectivity index (χ1v) is 7.76. The minimum Gasteiger partial charge on any atom is -0.355 e. The molecule has 0 radical (unpaired) electrons. The Morgan fingerprint density at radius 1 is 0.955 bits per heavy atom. The third-order valence-electron chi connectivity index (χ3n) is 4.33. The Bertz CT molecular complexity index is 805. The zero-order chi connectivity index (χ0) is 14.9. The maximum absolute atomic E-state index is 4.49. The van der Waals surface area contributed by atoms with Crippen LogP contribution in [0.1, 0.15) is 18.4 Å². The average molecular weight is 290 g/mol. The molecule has 1 aliphatic heterocycles. The Balaban J connectivity index is 1.80. The summed E-state index contributed by atoms with van der Waals surface area (Å²) in [6.45, 7) is 4.29. The van der Waals surface area contributed by atoms with Crippen LogP contribution in [0.4, 0.5) is 5.82 Å². The molecule has 4 rings (SSSR count). The number of hydrogen-bond donors (Lipinski definition) is 0. The molecule has 1 aliphatic rings. The molecule has 0 aliphatic carbocycles. The summed E-state index contributed by atoms with van der Waals surface area (Å²) in [5, 5.41) is 10.1. The van der Waals surface area contributed by atoms with E-state index in [2.05, 4.69) is 57.3 Å². The minimum absolute atomic E-state index is 0.916. The van der Waals surface area contributed by atoms with Gasteiger partial charge < -0.3 is 4.90 Å². The van der Waals surface area contributed by atoms with Gasteiger partial charge in [0.25, 0.3) is 0 Å². The van der Waals surface area contributed by atoms with Gasteiger partial charge in [-0.2, -0.15) is 0 Å². The molecule has 0 unspecified atom stereocenters. The van der Waals surface area contributed by atoms with Crippen LogP contribution in [0.15, 0.2) is 42.6 Å². The Hall–Kier alpha value is -2.49. The van der Waals surface area contributed by atoms with Gasteiger partial charge in [0.1, 0.15) is 0 Å². The van der Waals surface area contributed by atoms with Crippen LogP contribution in [0, 0.1) is 6.92 Å². The van der Waals surface area contributed by atoms with Crippen LogP contribution in [0.3, 0.4) is 0 Å². The maximum Gasteiger partial charge on any atom is 0.151 e. The molecule has 4 heteroatoms. The summed E-state index contributed by atoms with van der Waals surface area (Å²) in [7, 11) is 0. The molecule has 22 heavy (non-hydrogen) atoms. The third-order valence-corrected chi connectivity index (χ3v) is 4.33. The number of rotatable bonds is 2. The molecule has 0 bridgehead atoms. The SMILES string of the molecule is Cc1ccc2ncccc2c1-c1ccc(N2CCCC2)nn1. The Labute approximate surface area is 129 Å². The molecular weight excluding hydrogens is 272 g/mol. The van der Waals surface area contributed by atoms with Gasteiger partial charge in [-0.3, -0.25) is 4.98 Å². The number of aryl methyl sites for hydroxylation is 1. The summed E-state index contributed by atoms with van der Waals surface area (Å²) in [4.78, 5) is 6.73. The van der Waals surface area contributed by atoms with E-state index in [0.717, 1.165) is 41.1 Å². The molecule has 0 N–H and O–H groups in total. The van der Waals surface area contributed by atoms with Crippen LogP contribution in [0.5, 0.6) is 0 Å². The number of anilines is 1. The quantitative estimate of drug-likeness (QED) is 0.723. The average Bonchev–Trinajstić information content (AvgIpc) is 3.09. The second-order valence-corrected chi connectivity index (χ2v) is 5.80. The van der Waals surface area contributed by atoms with Crippen molar-refractivity contribution in [3.63, 3.8) is 0 Å². The zero-order valence-electron chi connectivity index (χ0n) is 12.7. The minimum atomic E-state index is 0.916. The van der Waals surface area contributed by atoms with E-state index in [-0.39, 0.29) is 0 Å². The standard InChI is InChI=1S/C18H18N4/c1-13-6-7-15-14(5-4-10-19-15)18(13)16-8-9-17(21-20-16)22-11-2-3-12-22/h4-10H,2-3,11-12H2,1H3. The summed E-state index contributed by atoms with van der Waals surface area (Å²) in [6, 6.07) is 12.4. The van der Waals surface area contributed by atoms with Crippen LogP contribution in [0.2, 0.25) is 0 Å². The van der Waals surface area contributed by atoms with Gasteiger partial charge in [0, 0.05) is 30.2 Å².